The number of rotatable bonds is 4. The van der Waals surface area contributed by atoms with Crippen LogP contribution in [0.4, 0.5) is 0 Å². The molecule has 1 aromatic heterocycles. The molecule has 0 atom stereocenters. The number of aryl methyl sites for hydroxylation is 1. The number of allylic oxidation sites excluding steroid dienone is 1. The first-order valence-corrected chi connectivity index (χ1v) is 12.1. The summed E-state index contributed by atoms with van der Waals surface area (Å²) < 4.78 is 35.4. The van der Waals surface area contributed by atoms with Crippen molar-refractivity contribution in [3.8, 4) is 0 Å². The number of para-hydroxylation sites is 1. The van der Waals surface area contributed by atoms with Crippen molar-refractivity contribution in [3.05, 3.63) is 125 Å². The molecule has 0 aliphatic carbocycles. The molecule has 3 aromatic carbocycles. The van der Waals surface area contributed by atoms with E-state index >= 15 is 0 Å². The molecule has 0 spiro atoms. The van der Waals surface area contributed by atoms with Gasteiger partial charge in [0.25, 0.3) is 10.0 Å². The lowest BCUT2D eigenvalue weighted by Gasteiger charge is -2.25. The summed E-state index contributed by atoms with van der Waals surface area (Å²) in [5, 5.41) is 0.924. The van der Waals surface area contributed by atoms with E-state index in [4.69, 9.17) is 4.42 Å². The first-order valence-electron chi connectivity index (χ1n) is 10.6. The third-order valence-corrected chi connectivity index (χ3v) is 7.43. The monoisotopic (exact) mass is 453 g/mol. The molecule has 0 N–H and O–H groups in total. The normalized spacial score (nSPS) is 13.8. The van der Waals surface area contributed by atoms with Crippen molar-refractivity contribution in [3.63, 3.8) is 0 Å². The lowest BCUT2D eigenvalue weighted by Crippen LogP contribution is -2.26. The molecule has 0 saturated heterocycles. The number of benzene rings is 3. The quantitative estimate of drug-likeness (QED) is 0.343. The van der Waals surface area contributed by atoms with Crippen LogP contribution in [0.5, 0.6) is 0 Å². The highest BCUT2D eigenvalue weighted by Gasteiger charge is 2.33. The van der Waals surface area contributed by atoms with Crippen molar-refractivity contribution in [1.82, 2.24) is 4.31 Å². The van der Waals surface area contributed by atoms with Crippen molar-refractivity contribution in [1.29, 1.82) is 0 Å². The van der Waals surface area contributed by atoms with Gasteiger partial charge in [0, 0.05) is 17.1 Å². The summed E-state index contributed by atoms with van der Waals surface area (Å²) in [5.74, 6) is 0.623. The van der Waals surface area contributed by atoms with Gasteiger partial charge in [-0.05, 0) is 49.3 Å². The number of nitrogens with zero attached hydrogens (tertiary/aromatic N) is 1. The maximum Gasteiger partial charge on any atom is 0.268 e. The average molecular weight is 454 g/mol. The fourth-order valence-electron chi connectivity index (χ4n) is 4.15. The van der Waals surface area contributed by atoms with Gasteiger partial charge in [-0.25, -0.2) is 12.7 Å². The van der Waals surface area contributed by atoms with Crippen LogP contribution in [0.15, 0.2) is 112 Å². The topological polar surface area (TPSA) is 50.5 Å². The molecule has 4 aromatic rings. The molecule has 0 bridgehead atoms. The fourth-order valence-corrected chi connectivity index (χ4v) is 5.57. The van der Waals surface area contributed by atoms with Crippen molar-refractivity contribution >= 4 is 32.6 Å². The number of furan rings is 1. The Balaban J connectivity index is 1.86. The molecule has 0 fully saturated rings. The Morgan fingerprint density at radius 1 is 0.909 bits per heavy atom. The Hall–Kier alpha value is -3.83. The maximum absolute atomic E-state index is 13.8. The summed E-state index contributed by atoms with van der Waals surface area (Å²) in [6.45, 7) is 7.90. The first-order chi connectivity index (χ1) is 15.9. The number of fused-ring (bicyclic) bond motifs is 3. The summed E-state index contributed by atoms with van der Waals surface area (Å²) in [6.07, 6.45) is 3.42. The molecule has 4 nitrogen and oxygen atoms in total. The number of sulfonamides is 1. The van der Waals surface area contributed by atoms with Gasteiger partial charge in [-0.2, -0.15) is 0 Å². The first kappa shape index (κ1) is 21.0. The van der Waals surface area contributed by atoms with Crippen molar-refractivity contribution in [2.75, 3.05) is 0 Å². The van der Waals surface area contributed by atoms with E-state index < -0.39 is 10.0 Å². The number of hydrogen-bond donors (Lipinski definition) is 0. The molecule has 33 heavy (non-hydrogen) atoms. The Morgan fingerprint density at radius 3 is 2.27 bits per heavy atom. The van der Waals surface area contributed by atoms with E-state index in [1.807, 2.05) is 74.5 Å². The van der Waals surface area contributed by atoms with Gasteiger partial charge in [0.2, 0.25) is 0 Å². The molecular weight excluding hydrogens is 430 g/mol. The minimum absolute atomic E-state index is 0.215. The zero-order valence-corrected chi connectivity index (χ0v) is 19.3. The van der Waals surface area contributed by atoms with Gasteiger partial charge >= 0.3 is 0 Å². The molecule has 0 saturated carbocycles. The number of hydrogen-bond acceptors (Lipinski definition) is 3. The predicted molar refractivity (Wildman–Crippen MR) is 133 cm³/mol. The van der Waals surface area contributed by atoms with Gasteiger partial charge in [0.15, 0.2) is 0 Å². The molecular formula is C28H23NO3S. The summed E-state index contributed by atoms with van der Waals surface area (Å²) in [6, 6.07) is 24.3. The largest absolute Gasteiger partial charge is 0.455 e. The van der Waals surface area contributed by atoms with E-state index in [9.17, 15) is 8.42 Å². The lowest BCUT2D eigenvalue weighted by atomic mass is 9.96. The fraction of sp³-hybridized carbons (Fsp3) is 0.0714. The Labute approximate surface area is 193 Å². The highest BCUT2D eigenvalue weighted by molar-refractivity contribution is 7.89. The van der Waals surface area contributed by atoms with Crippen LogP contribution in [-0.4, -0.2) is 12.7 Å². The van der Waals surface area contributed by atoms with E-state index in [2.05, 4.69) is 6.58 Å². The van der Waals surface area contributed by atoms with Gasteiger partial charge in [-0.15, -0.1) is 0 Å². The summed E-state index contributed by atoms with van der Waals surface area (Å²) in [7, 11) is -3.90. The van der Waals surface area contributed by atoms with Crippen LogP contribution >= 0.6 is 0 Å². The molecule has 0 unspecified atom stereocenters. The predicted octanol–water partition coefficient (Wildman–Crippen LogP) is 6.75. The third-order valence-electron chi connectivity index (χ3n) is 5.74. The SMILES string of the molecule is C=C(C)C1=C(c2ccccc2)c2oc3ccccc3c2C=CN1S(=O)(=O)c1ccc(C)cc1. The van der Waals surface area contributed by atoms with Crippen molar-refractivity contribution < 1.29 is 12.8 Å². The maximum atomic E-state index is 13.8. The second-order valence-electron chi connectivity index (χ2n) is 8.14. The standard InChI is InChI=1S/C28H23NO3S/c1-19(2)27-26(21-9-5-4-6-10-21)28-24(23-11-7-8-12-25(23)32-28)17-18-29(27)33(30,31)22-15-13-20(3)14-16-22/h4-18H,1H2,2-3H3. The second-order valence-corrected chi connectivity index (χ2v) is 9.96. The highest BCUT2D eigenvalue weighted by atomic mass is 32.2. The van der Waals surface area contributed by atoms with Crippen LogP contribution in [-0.2, 0) is 10.0 Å². The minimum Gasteiger partial charge on any atom is -0.455 e. The van der Waals surface area contributed by atoms with Crippen LogP contribution in [0, 0.1) is 6.92 Å². The zero-order chi connectivity index (χ0) is 23.2. The van der Waals surface area contributed by atoms with Crippen LogP contribution in [0.1, 0.15) is 29.4 Å². The molecule has 1 aliphatic rings. The van der Waals surface area contributed by atoms with Gasteiger partial charge in [0.05, 0.1) is 16.2 Å². The van der Waals surface area contributed by atoms with E-state index in [1.54, 1.807) is 30.5 Å². The average Bonchev–Trinajstić information content (AvgIpc) is 3.07. The molecule has 5 rings (SSSR count). The molecule has 164 valence electrons. The Morgan fingerprint density at radius 2 is 1.58 bits per heavy atom. The molecule has 2 heterocycles. The third kappa shape index (κ3) is 3.51. The van der Waals surface area contributed by atoms with Gasteiger partial charge in [-0.3, -0.25) is 0 Å². The lowest BCUT2D eigenvalue weighted by molar-refractivity contribution is 0.544. The molecule has 0 radical (unpaired) electrons. The summed E-state index contributed by atoms with van der Waals surface area (Å²) in [5.41, 5.74) is 5.21. The van der Waals surface area contributed by atoms with Gasteiger partial charge in [0.1, 0.15) is 11.3 Å². The molecule has 1 aliphatic heterocycles. The van der Waals surface area contributed by atoms with E-state index in [0.29, 0.717) is 22.6 Å². The minimum atomic E-state index is -3.90. The second kappa shape index (κ2) is 7.94. The van der Waals surface area contributed by atoms with E-state index in [-0.39, 0.29) is 4.90 Å². The van der Waals surface area contributed by atoms with Crippen LogP contribution in [0.25, 0.3) is 22.6 Å². The van der Waals surface area contributed by atoms with Crippen LogP contribution in [0.2, 0.25) is 0 Å². The zero-order valence-electron chi connectivity index (χ0n) is 18.4. The molecule has 5 heteroatoms. The van der Waals surface area contributed by atoms with Crippen molar-refractivity contribution in [2.45, 2.75) is 18.7 Å². The van der Waals surface area contributed by atoms with Gasteiger partial charge < -0.3 is 4.42 Å². The summed E-state index contributed by atoms with van der Waals surface area (Å²) in [4.78, 5) is 0.215. The van der Waals surface area contributed by atoms with Gasteiger partial charge in [-0.1, -0.05) is 72.8 Å². The highest BCUT2D eigenvalue weighted by Crippen LogP contribution is 2.42. The molecule has 0 amide bonds. The Bertz CT molecular complexity index is 1540. The summed E-state index contributed by atoms with van der Waals surface area (Å²) >= 11 is 0. The Kier molecular flexibility index (Phi) is 5.06. The smallest absolute Gasteiger partial charge is 0.268 e. The van der Waals surface area contributed by atoms with E-state index in [0.717, 1.165) is 27.7 Å². The van der Waals surface area contributed by atoms with Crippen LogP contribution < -0.4 is 0 Å². The van der Waals surface area contributed by atoms with E-state index in [1.165, 1.54) is 4.31 Å². The van der Waals surface area contributed by atoms with Crippen molar-refractivity contribution in [2.24, 2.45) is 0 Å². The van der Waals surface area contributed by atoms with Crippen LogP contribution in [0.3, 0.4) is 0 Å².